The first-order chi connectivity index (χ1) is 15.4. The second-order valence-electron chi connectivity index (χ2n) is 6.59. The van der Waals surface area contributed by atoms with Crippen molar-refractivity contribution in [2.45, 2.75) is 4.90 Å². The second kappa shape index (κ2) is 10.6. The molecule has 0 bridgehead atoms. The number of amides is 1. The number of nitrogens with zero attached hydrogens (tertiary/aromatic N) is 2. The van der Waals surface area contributed by atoms with Gasteiger partial charge in [0.1, 0.15) is 16.7 Å². The molecule has 0 saturated carbocycles. The maximum absolute atomic E-state index is 15.2. The predicted octanol–water partition coefficient (Wildman–Crippen LogP) is 4.02. The molecule has 7 nitrogen and oxygen atoms in total. The van der Waals surface area contributed by atoms with Crippen LogP contribution in [0.15, 0.2) is 64.3 Å². The monoisotopic (exact) mass is 477 g/mol. The number of aromatic nitrogens is 1. The van der Waals surface area contributed by atoms with Crippen LogP contribution in [0.1, 0.15) is 10.4 Å². The number of thioether (sulfide) groups is 1. The third-order valence-electron chi connectivity index (χ3n) is 4.56. The lowest BCUT2D eigenvalue weighted by Gasteiger charge is -2.29. The Kier molecular flexibility index (Phi) is 7.92. The van der Waals surface area contributed by atoms with Gasteiger partial charge in [-0.3, -0.25) is 23.9 Å². The molecule has 0 atom stereocenters. The number of carbonyl (C=O) groups excluding carboxylic acids is 1. The third-order valence-corrected chi connectivity index (χ3v) is 5.56. The van der Waals surface area contributed by atoms with E-state index in [0.29, 0.717) is 5.69 Å². The van der Waals surface area contributed by atoms with Crippen LogP contribution in [-0.2, 0) is 11.9 Å². The Morgan fingerprint density at radius 2 is 1.97 bits per heavy atom. The van der Waals surface area contributed by atoms with Gasteiger partial charge >= 0.3 is 0 Å². The molecular formula is C22H21ClFN3O4S. The Bertz CT molecular complexity index is 1170. The van der Waals surface area contributed by atoms with E-state index >= 15 is 4.39 Å². The topological polar surface area (TPSA) is 83.8 Å². The molecule has 0 spiro atoms. The Morgan fingerprint density at radius 3 is 2.59 bits per heavy atom. The summed E-state index contributed by atoms with van der Waals surface area (Å²) in [5.41, 5.74) is 2.28. The molecule has 0 fully saturated rings. The Balaban J connectivity index is 2.28. The van der Waals surface area contributed by atoms with E-state index in [1.54, 1.807) is 42.5 Å². The maximum Gasteiger partial charge on any atom is 0.278 e. The van der Waals surface area contributed by atoms with E-state index in [1.165, 1.54) is 40.4 Å². The molecule has 0 aliphatic heterocycles. The van der Waals surface area contributed by atoms with E-state index < -0.39 is 17.3 Å². The van der Waals surface area contributed by atoms with Gasteiger partial charge in [-0.2, -0.15) is 0 Å². The van der Waals surface area contributed by atoms with Crippen LogP contribution in [0.2, 0.25) is 5.02 Å². The number of aliphatic hydroxyl groups excluding tert-OH is 1. The molecule has 0 saturated heterocycles. The Labute approximate surface area is 193 Å². The first-order valence-electron chi connectivity index (χ1n) is 9.50. The Morgan fingerprint density at radius 1 is 1.25 bits per heavy atom. The van der Waals surface area contributed by atoms with Gasteiger partial charge in [0.2, 0.25) is 0 Å². The lowest BCUT2D eigenvalue weighted by atomic mass is 10.1. The molecule has 0 unspecified atom stereocenters. The zero-order valence-electron chi connectivity index (χ0n) is 17.3. The fourth-order valence-corrected chi connectivity index (χ4v) is 3.75. The van der Waals surface area contributed by atoms with Crippen molar-refractivity contribution < 1.29 is 19.1 Å². The predicted molar refractivity (Wildman–Crippen MR) is 124 cm³/mol. The zero-order valence-corrected chi connectivity index (χ0v) is 18.9. The van der Waals surface area contributed by atoms with Crippen molar-refractivity contribution in [1.29, 1.82) is 0 Å². The lowest BCUT2D eigenvalue weighted by Crippen LogP contribution is -2.32. The zero-order chi connectivity index (χ0) is 23.3. The quantitative estimate of drug-likeness (QED) is 0.289. The number of hydroxylamine groups is 1. The molecule has 2 N–H and O–H groups in total. The summed E-state index contributed by atoms with van der Waals surface area (Å²) in [5, 5.41) is 8.71. The van der Waals surface area contributed by atoms with Crippen LogP contribution >= 0.6 is 23.4 Å². The highest BCUT2D eigenvalue weighted by Crippen LogP contribution is 2.38. The fourth-order valence-electron chi connectivity index (χ4n) is 3.09. The number of rotatable bonds is 8. The average Bonchev–Trinajstić information content (AvgIpc) is 2.80. The van der Waals surface area contributed by atoms with Crippen molar-refractivity contribution in [3.05, 3.63) is 81.4 Å². The highest BCUT2D eigenvalue weighted by atomic mass is 35.5. The van der Waals surface area contributed by atoms with Crippen LogP contribution in [0.25, 0.3) is 0 Å². The summed E-state index contributed by atoms with van der Waals surface area (Å²) in [7, 11) is 1.44. The summed E-state index contributed by atoms with van der Waals surface area (Å²) in [6.45, 7) is -0.432. The van der Waals surface area contributed by atoms with Gasteiger partial charge < -0.3 is 5.11 Å². The lowest BCUT2D eigenvalue weighted by molar-refractivity contribution is 0.0168. The fraction of sp³-hybridized carbons (Fsp3) is 0.182. The number of hydrogen-bond donors (Lipinski definition) is 2. The van der Waals surface area contributed by atoms with Crippen molar-refractivity contribution in [3.8, 4) is 0 Å². The molecule has 0 aliphatic carbocycles. The van der Waals surface area contributed by atoms with E-state index in [-0.39, 0.29) is 35.3 Å². The van der Waals surface area contributed by atoms with Gasteiger partial charge in [-0.25, -0.2) is 9.87 Å². The number of anilines is 3. The van der Waals surface area contributed by atoms with Crippen molar-refractivity contribution in [1.82, 2.24) is 10.0 Å². The molecule has 32 heavy (non-hydrogen) atoms. The third kappa shape index (κ3) is 4.97. The molecule has 2 aromatic carbocycles. The number of pyridine rings is 1. The normalized spacial score (nSPS) is 10.8. The van der Waals surface area contributed by atoms with Gasteiger partial charge in [-0.05, 0) is 42.7 Å². The number of aliphatic hydroxyl groups is 1. The molecule has 0 aliphatic rings. The van der Waals surface area contributed by atoms with Crippen LogP contribution in [-0.4, -0.2) is 35.1 Å². The summed E-state index contributed by atoms with van der Waals surface area (Å²) in [6.07, 6.45) is 1.83. The second-order valence-corrected chi connectivity index (χ2v) is 7.87. The molecule has 1 aromatic heterocycles. The van der Waals surface area contributed by atoms with Crippen molar-refractivity contribution in [2.24, 2.45) is 7.05 Å². The summed E-state index contributed by atoms with van der Waals surface area (Å²) >= 11 is 7.46. The molecule has 10 heteroatoms. The van der Waals surface area contributed by atoms with E-state index in [2.05, 4.69) is 5.48 Å². The standard InChI is InChI=1S/C22H21ClFN3O4S/c1-26-21(16(13-17(23)22(26)30)20(29)25-31-11-10-28)27(14-6-4-3-5-7-14)19-9-8-15(32-2)12-18(19)24/h3-9,12-13,28H,10-11H2,1-2H3,(H,25,29). The van der Waals surface area contributed by atoms with E-state index in [0.717, 1.165) is 4.90 Å². The molecule has 3 aromatic rings. The van der Waals surface area contributed by atoms with Crippen molar-refractivity contribution in [2.75, 3.05) is 24.4 Å². The van der Waals surface area contributed by atoms with Gasteiger partial charge in [-0.15, -0.1) is 11.8 Å². The highest BCUT2D eigenvalue weighted by molar-refractivity contribution is 7.98. The van der Waals surface area contributed by atoms with Crippen LogP contribution < -0.4 is 15.9 Å². The molecule has 1 heterocycles. The van der Waals surface area contributed by atoms with Gasteiger partial charge in [0.15, 0.2) is 0 Å². The first kappa shape index (κ1) is 23.8. The summed E-state index contributed by atoms with van der Waals surface area (Å²) in [5.74, 6) is -1.16. The minimum atomic E-state index is -0.715. The summed E-state index contributed by atoms with van der Waals surface area (Å²) in [4.78, 5) is 32.7. The van der Waals surface area contributed by atoms with Gasteiger partial charge in [0.25, 0.3) is 11.5 Å². The number of carbonyl (C=O) groups is 1. The van der Waals surface area contributed by atoms with Crippen LogP contribution in [0.3, 0.4) is 0 Å². The van der Waals surface area contributed by atoms with Gasteiger partial charge in [-0.1, -0.05) is 29.8 Å². The minimum Gasteiger partial charge on any atom is -0.394 e. The highest BCUT2D eigenvalue weighted by Gasteiger charge is 2.26. The van der Waals surface area contributed by atoms with Crippen molar-refractivity contribution in [3.63, 3.8) is 0 Å². The maximum atomic E-state index is 15.2. The molecule has 0 radical (unpaired) electrons. The SMILES string of the molecule is CSc1ccc(N(c2ccccc2)c2c(C(=O)NOCCO)cc(Cl)c(=O)n2C)c(F)c1. The first-order valence-corrected chi connectivity index (χ1v) is 11.1. The van der Waals surface area contributed by atoms with E-state index in [1.807, 2.05) is 6.26 Å². The number of halogens is 2. The Hall–Kier alpha value is -2.85. The molecule has 3 rings (SSSR count). The van der Waals surface area contributed by atoms with E-state index in [9.17, 15) is 9.59 Å². The van der Waals surface area contributed by atoms with Gasteiger partial charge in [0.05, 0.1) is 24.5 Å². The summed E-state index contributed by atoms with van der Waals surface area (Å²) in [6, 6.07) is 14.7. The number of hydrogen-bond acceptors (Lipinski definition) is 6. The van der Waals surface area contributed by atoms with Crippen LogP contribution in [0.5, 0.6) is 0 Å². The average molecular weight is 478 g/mol. The molecule has 168 valence electrons. The molecular weight excluding hydrogens is 457 g/mol. The van der Waals surface area contributed by atoms with Crippen molar-refractivity contribution >= 4 is 46.5 Å². The minimum absolute atomic E-state index is 0.0211. The molecule has 1 amide bonds. The number of para-hydroxylation sites is 1. The number of benzene rings is 2. The van der Waals surface area contributed by atoms with Crippen LogP contribution in [0.4, 0.5) is 21.6 Å². The number of nitrogens with one attached hydrogen (secondary N) is 1. The van der Waals surface area contributed by atoms with Crippen LogP contribution in [0, 0.1) is 5.82 Å². The largest absolute Gasteiger partial charge is 0.394 e. The van der Waals surface area contributed by atoms with Gasteiger partial charge in [0, 0.05) is 17.6 Å². The summed E-state index contributed by atoms with van der Waals surface area (Å²) < 4.78 is 16.4. The van der Waals surface area contributed by atoms with E-state index in [4.69, 9.17) is 21.5 Å². The smallest absolute Gasteiger partial charge is 0.278 e.